The van der Waals surface area contributed by atoms with E-state index in [-0.39, 0.29) is 0 Å². The monoisotopic (exact) mass is 151 g/mol. The molecule has 0 aromatic carbocycles. The molecule has 0 aromatic heterocycles. The molecule has 0 saturated carbocycles. The minimum absolute atomic E-state index is 0.642. The van der Waals surface area contributed by atoms with Gasteiger partial charge in [0.1, 0.15) is 0 Å². The van der Waals surface area contributed by atoms with Gasteiger partial charge in [-0.25, -0.2) is 0 Å². The molecular weight excluding hydrogens is 134 g/mol. The van der Waals surface area contributed by atoms with Gasteiger partial charge in [-0.2, -0.15) is 0 Å². The maximum Gasteiger partial charge on any atom is 0.0359 e. The highest BCUT2D eigenvalue weighted by atomic mass is 15.1. The maximum absolute atomic E-state index is 2.30. The van der Waals surface area contributed by atoms with Crippen molar-refractivity contribution >= 4 is 0 Å². The summed E-state index contributed by atoms with van der Waals surface area (Å²) in [4.78, 5) is 2.30. The average molecular weight is 151 g/mol. The fourth-order valence-corrected chi connectivity index (χ4v) is 1.40. The van der Waals surface area contributed by atoms with Crippen LogP contribution in [0.25, 0.3) is 0 Å². The summed E-state index contributed by atoms with van der Waals surface area (Å²) in [7, 11) is 2.15. The van der Waals surface area contributed by atoms with Crippen LogP contribution in [-0.4, -0.2) is 18.5 Å². The van der Waals surface area contributed by atoms with Crippen molar-refractivity contribution in [3.05, 3.63) is 23.4 Å². The normalized spacial score (nSPS) is 18.5. The molecular formula is C10H17N. The molecule has 0 spiro atoms. The van der Waals surface area contributed by atoms with E-state index in [1.54, 1.807) is 0 Å². The van der Waals surface area contributed by atoms with Gasteiger partial charge >= 0.3 is 0 Å². The third-order valence-corrected chi connectivity index (χ3v) is 2.09. The first kappa shape index (κ1) is 8.38. The summed E-state index contributed by atoms with van der Waals surface area (Å²) in [5, 5.41) is 0. The van der Waals surface area contributed by atoms with Crippen molar-refractivity contribution in [3.63, 3.8) is 0 Å². The lowest BCUT2D eigenvalue weighted by Crippen LogP contribution is -2.23. The van der Waals surface area contributed by atoms with Crippen LogP contribution in [0.15, 0.2) is 23.4 Å². The number of rotatable bonds is 1. The predicted octanol–water partition coefficient (Wildman–Crippen LogP) is 2.42. The fourth-order valence-electron chi connectivity index (χ4n) is 1.40. The van der Waals surface area contributed by atoms with E-state index >= 15 is 0 Å². The van der Waals surface area contributed by atoms with Crippen molar-refractivity contribution in [3.8, 4) is 0 Å². The van der Waals surface area contributed by atoms with E-state index in [0.29, 0.717) is 5.92 Å². The molecule has 62 valence electrons. The van der Waals surface area contributed by atoms with Crippen LogP contribution in [0.2, 0.25) is 0 Å². The number of likely N-dealkylation sites (N-methyl/N-ethyl adjacent to an activating group) is 1. The first-order valence-electron chi connectivity index (χ1n) is 4.20. The summed E-state index contributed by atoms with van der Waals surface area (Å²) in [6.07, 6.45) is 4.53. The summed E-state index contributed by atoms with van der Waals surface area (Å²) in [5.74, 6) is 0.642. The van der Waals surface area contributed by atoms with Crippen LogP contribution in [-0.2, 0) is 0 Å². The van der Waals surface area contributed by atoms with Gasteiger partial charge in [-0.15, -0.1) is 0 Å². The molecule has 0 saturated heterocycles. The molecule has 0 amide bonds. The van der Waals surface area contributed by atoms with Gasteiger partial charge in [-0.1, -0.05) is 25.5 Å². The van der Waals surface area contributed by atoms with Crippen LogP contribution in [0.5, 0.6) is 0 Å². The van der Waals surface area contributed by atoms with Gasteiger partial charge in [-0.05, 0) is 18.9 Å². The summed E-state index contributed by atoms with van der Waals surface area (Å²) < 4.78 is 0. The minimum atomic E-state index is 0.642. The molecule has 1 aliphatic rings. The highest BCUT2D eigenvalue weighted by Gasteiger charge is 2.10. The second-order valence-corrected chi connectivity index (χ2v) is 3.55. The van der Waals surface area contributed by atoms with E-state index in [1.165, 1.54) is 11.3 Å². The van der Waals surface area contributed by atoms with Crippen molar-refractivity contribution in [2.75, 3.05) is 13.6 Å². The van der Waals surface area contributed by atoms with Crippen molar-refractivity contribution in [1.29, 1.82) is 0 Å². The smallest absolute Gasteiger partial charge is 0.0359 e. The topological polar surface area (TPSA) is 3.24 Å². The third kappa shape index (κ3) is 1.86. The maximum atomic E-state index is 2.30. The van der Waals surface area contributed by atoms with E-state index < -0.39 is 0 Å². The predicted molar refractivity (Wildman–Crippen MR) is 49.3 cm³/mol. The Morgan fingerprint density at radius 1 is 1.45 bits per heavy atom. The van der Waals surface area contributed by atoms with Gasteiger partial charge in [0.2, 0.25) is 0 Å². The van der Waals surface area contributed by atoms with Crippen LogP contribution in [0, 0.1) is 5.92 Å². The molecule has 0 aliphatic carbocycles. The SMILES string of the molecule is CC1=CCN(C)C(C(C)C)=C1. The summed E-state index contributed by atoms with van der Waals surface area (Å²) in [5.41, 5.74) is 2.84. The Hall–Kier alpha value is -0.720. The Morgan fingerprint density at radius 3 is 2.55 bits per heavy atom. The summed E-state index contributed by atoms with van der Waals surface area (Å²) >= 11 is 0. The second-order valence-electron chi connectivity index (χ2n) is 3.55. The number of nitrogens with zero attached hydrogens (tertiary/aromatic N) is 1. The molecule has 0 fully saturated rings. The zero-order chi connectivity index (χ0) is 8.43. The fraction of sp³-hybridized carbons (Fsp3) is 0.600. The quantitative estimate of drug-likeness (QED) is 0.556. The van der Waals surface area contributed by atoms with Gasteiger partial charge in [0.15, 0.2) is 0 Å². The molecule has 0 atom stereocenters. The molecule has 0 unspecified atom stereocenters. The zero-order valence-corrected chi connectivity index (χ0v) is 7.89. The van der Waals surface area contributed by atoms with E-state index in [1.807, 2.05) is 0 Å². The lowest BCUT2D eigenvalue weighted by molar-refractivity contribution is 0.403. The summed E-state index contributed by atoms with van der Waals surface area (Å²) in [6, 6.07) is 0. The van der Waals surface area contributed by atoms with Crippen LogP contribution in [0.3, 0.4) is 0 Å². The number of hydrogen-bond acceptors (Lipinski definition) is 1. The van der Waals surface area contributed by atoms with Crippen molar-refractivity contribution in [2.45, 2.75) is 20.8 Å². The highest BCUT2D eigenvalue weighted by Crippen LogP contribution is 2.19. The Labute approximate surface area is 69.4 Å². The molecule has 0 radical (unpaired) electrons. The number of allylic oxidation sites excluding steroid dienone is 3. The first-order valence-corrected chi connectivity index (χ1v) is 4.20. The van der Waals surface area contributed by atoms with Crippen LogP contribution < -0.4 is 0 Å². The Bertz CT molecular complexity index is 199. The van der Waals surface area contributed by atoms with Gasteiger partial charge in [0.05, 0.1) is 0 Å². The molecule has 0 aromatic rings. The Kier molecular flexibility index (Phi) is 2.38. The van der Waals surface area contributed by atoms with E-state index in [9.17, 15) is 0 Å². The van der Waals surface area contributed by atoms with Crippen LogP contribution >= 0.6 is 0 Å². The van der Waals surface area contributed by atoms with Crippen LogP contribution in [0.4, 0.5) is 0 Å². The van der Waals surface area contributed by atoms with E-state index in [2.05, 4.69) is 44.9 Å². The lowest BCUT2D eigenvalue weighted by Gasteiger charge is -2.27. The van der Waals surface area contributed by atoms with Gasteiger partial charge in [-0.3, -0.25) is 0 Å². The molecule has 0 bridgehead atoms. The molecule has 1 heterocycles. The van der Waals surface area contributed by atoms with Crippen molar-refractivity contribution in [1.82, 2.24) is 4.90 Å². The standard InChI is InChI=1S/C10H17N/c1-8(2)10-7-9(3)5-6-11(10)4/h5,7-8H,6H2,1-4H3. The Balaban J connectivity index is 2.81. The molecule has 11 heavy (non-hydrogen) atoms. The third-order valence-electron chi connectivity index (χ3n) is 2.09. The van der Waals surface area contributed by atoms with Gasteiger partial charge < -0.3 is 4.90 Å². The van der Waals surface area contributed by atoms with Gasteiger partial charge in [0.25, 0.3) is 0 Å². The molecule has 1 nitrogen and oxygen atoms in total. The van der Waals surface area contributed by atoms with Crippen molar-refractivity contribution in [2.24, 2.45) is 5.92 Å². The lowest BCUT2D eigenvalue weighted by atomic mass is 10.0. The van der Waals surface area contributed by atoms with Gasteiger partial charge in [0, 0.05) is 19.3 Å². The van der Waals surface area contributed by atoms with E-state index in [0.717, 1.165) is 6.54 Å². The minimum Gasteiger partial charge on any atom is -0.374 e. The largest absolute Gasteiger partial charge is 0.374 e. The molecule has 1 rings (SSSR count). The average Bonchev–Trinajstić information content (AvgIpc) is 1.94. The number of hydrogen-bond donors (Lipinski definition) is 0. The highest BCUT2D eigenvalue weighted by molar-refractivity contribution is 5.26. The second kappa shape index (κ2) is 3.12. The zero-order valence-electron chi connectivity index (χ0n) is 7.89. The Morgan fingerprint density at radius 2 is 2.09 bits per heavy atom. The van der Waals surface area contributed by atoms with Crippen molar-refractivity contribution < 1.29 is 0 Å². The molecule has 0 N–H and O–H groups in total. The molecule has 1 aliphatic heterocycles. The molecule has 1 heteroatoms. The first-order chi connectivity index (χ1) is 5.11. The van der Waals surface area contributed by atoms with Crippen LogP contribution in [0.1, 0.15) is 20.8 Å². The summed E-state index contributed by atoms with van der Waals surface area (Å²) in [6.45, 7) is 7.70. The van der Waals surface area contributed by atoms with E-state index in [4.69, 9.17) is 0 Å².